The first-order valence-electron chi connectivity index (χ1n) is 11.3. The van der Waals surface area contributed by atoms with Crippen LogP contribution in [0.25, 0.3) is 0 Å². The molecule has 8 heteroatoms. The van der Waals surface area contributed by atoms with E-state index >= 15 is 0 Å². The number of halogens is 3. The summed E-state index contributed by atoms with van der Waals surface area (Å²) in [6.07, 6.45) is 9.49. The van der Waals surface area contributed by atoms with Crippen molar-refractivity contribution in [3.05, 3.63) is 98.9 Å². The molecule has 0 saturated carbocycles. The molecule has 2 aliphatic heterocycles. The summed E-state index contributed by atoms with van der Waals surface area (Å²) in [6, 6.07) is 6.52. The molecular weight excluding hydrogens is 488 g/mol. The van der Waals surface area contributed by atoms with Crippen molar-refractivity contribution >= 4 is 34.7 Å². The minimum Gasteiger partial charge on any atom is -0.487 e. The molecule has 0 saturated heterocycles. The quantitative estimate of drug-likeness (QED) is 0.469. The number of hydrogen-bond donors (Lipinski definition) is 1. The van der Waals surface area contributed by atoms with Crippen molar-refractivity contribution in [1.82, 2.24) is 4.98 Å². The third-order valence-corrected chi connectivity index (χ3v) is 6.60. The van der Waals surface area contributed by atoms with Gasteiger partial charge >= 0.3 is 0 Å². The van der Waals surface area contributed by atoms with E-state index in [1.54, 1.807) is 26.0 Å². The predicted molar refractivity (Wildman–Crippen MR) is 140 cm³/mol. The third-order valence-electron chi connectivity index (χ3n) is 6.06. The van der Waals surface area contributed by atoms with E-state index in [2.05, 4.69) is 9.88 Å². The molecule has 1 aromatic carbocycles. The Morgan fingerprint density at radius 3 is 2.66 bits per heavy atom. The summed E-state index contributed by atoms with van der Waals surface area (Å²) >= 11 is 12.4. The lowest BCUT2D eigenvalue weighted by Gasteiger charge is -2.33. The van der Waals surface area contributed by atoms with Crippen molar-refractivity contribution < 1.29 is 14.2 Å². The molecule has 5 nitrogen and oxygen atoms in total. The predicted octanol–water partition coefficient (Wildman–Crippen LogP) is 6.60. The smallest absolute Gasteiger partial charge is 0.137 e. The van der Waals surface area contributed by atoms with Crippen molar-refractivity contribution in [2.75, 3.05) is 22.9 Å². The summed E-state index contributed by atoms with van der Waals surface area (Å²) in [6.45, 7) is 8.55. The van der Waals surface area contributed by atoms with E-state index in [0.717, 1.165) is 28.3 Å². The third kappa shape index (κ3) is 5.72. The summed E-state index contributed by atoms with van der Waals surface area (Å²) in [5.74, 6) is 0.868. The van der Waals surface area contributed by atoms with E-state index in [1.165, 1.54) is 6.07 Å². The zero-order valence-corrected chi connectivity index (χ0v) is 21.7. The average Bonchev–Trinajstić information content (AvgIpc) is 2.80. The maximum atomic E-state index is 14.1. The number of hydrogen-bond acceptors (Lipinski definition) is 5. The van der Waals surface area contributed by atoms with Crippen LogP contribution in [0.15, 0.2) is 77.0 Å². The molecular formula is C27H28Cl2FN3O2. The Kier molecular flexibility index (Phi) is 7.27. The van der Waals surface area contributed by atoms with Gasteiger partial charge in [-0.2, -0.15) is 0 Å². The minimum atomic E-state index is -0.910. The number of aromatic nitrogens is 1. The molecule has 0 unspecified atom stereocenters. The standard InChI is InChI=1S/C27H28Cl2FN3O2/c1-17-13-31-26(32-9-5-6-20(14-32)27(3,4)34)12-24(17)33-15-22(29)25(10-18(33)2)35-16-19-7-8-21(28)11-23(19)30/h5-13,34H,14-16H2,1-4H3. The largest absolute Gasteiger partial charge is 0.487 e. The number of ether oxygens (including phenoxy) is 1. The van der Waals surface area contributed by atoms with Gasteiger partial charge in [0.05, 0.1) is 17.2 Å². The Morgan fingerprint density at radius 2 is 1.94 bits per heavy atom. The molecule has 0 amide bonds. The maximum absolute atomic E-state index is 14.1. The van der Waals surface area contributed by atoms with Crippen LogP contribution < -0.4 is 9.80 Å². The molecule has 2 aromatic rings. The van der Waals surface area contributed by atoms with Gasteiger partial charge in [-0.3, -0.25) is 0 Å². The molecule has 0 spiro atoms. The van der Waals surface area contributed by atoms with Gasteiger partial charge in [0.25, 0.3) is 0 Å². The molecule has 0 atom stereocenters. The maximum Gasteiger partial charge on any atom is 0.137 e. The summed E-state index contributed by atoms with van der Waals surface area (Å²) in [5, 5.41) is 11.3. The van der Waals surface area contributed by atoms with Gasteiger partial charge in [0.1, 0.15) is 24.0 Å². The van der Waals surface area contributed by atoms with Crippen molar-refractivity contribution in [1.29, 1.82) is 0 Å². The highest BCUT2D eigenvalue weighted by atomic mass is 35.5. The molecule has 3 heterocycles. The van der Waals surface area contributed by atoms with Crippen LogP contribution >= 0.6 is 23.2 Å². The van der Waals surface area contributed by atoms with Crippen LogP contribution in [0, 0.1) is 12.7 Å². The number of allylic oxidation sites excluding steroid dienone is 4. The fraction of sp³-hybridized carbons (Fsp3) is 0.296. The molecule has 1 aromatic heterocycles. The van der Waals surface area contributed by atoms with Gasteiger partial charge in [-0.25, -0.2) is 9.37 Å². The van der Waals surface area contributed by atoms with Gasteiger partial charge in [0, 0.05) is 53.1 Å². The van der Waals surface area contributed by atoms with Crippen LogP contribution in [-0.2, 0) is 11.3 Å². The molecule has 35 heavy (non-hydrogen) atoms. The molecule has 0 fully saturated rings. The molecule has 0 radical (unpaired) electrons. The topological polar surface area (TPSA) is 48.8 Å². The van der Waals surface area contributed by atoms with E-state index in [9.17, 15) is 9.50 Å². The summed E-state index contributed by atoms with van der Waals surface area (Å²) in [5.41, 5.74) is 3.31. The number of pyridine rings is 1. The zero-order valence-electron chi connectivity index (χ0n) is 20.1. The van der Waals surface area contributed by atoms with Crippen LogP contribution in [0.4, 0.5) is 15.9 Å². The Hall–Kier alpha value is -2.80. The Bertz CT molecular complexity index is 1260. The highest BCUT2D eigenvalue weighted by molar-refractivity contribution is 6.31. The average molecular weight is 516 g/mol. The highest BCUT2D eigenvalue weighted by Crippen LogP contribution is 2.34. The van der Waals surface area contributed by atoms with Gasteiger partial charge < -0.3 is 19.6 Å². The molecule has 184 valence electrons. The van der Waals surface area contributed by atoms with Crippen LogP contribution in [-0.4, -0.2) is 28.8 Å². The molecule has 0 aliphatic carbocycles. The Morgan fingerprint density at radius 1 is 1.17 bits per heavy atom. The molecule has 4 rings (SSSR count). The lowest BCUT2D eigenvalue weighted by atomic mass is 9.96. The fourth-order valence-electron chi connectivity index (χ4n) is 3.93. The van der Waals surface area contributed by atoms with Crippen molar-refractivity contribution in [2.24, 2.45) is 0 Å². The normalized spacial score (nSPS) is 16.5. The molecule has 1 N–H and O–H groups in total. The first-order chi connectivity index (χ1) is 16.5. The van der Waals surface area contributed by atoms with Gasteiger partial charge in [-0.05, 0) is 57.0 Å². The van der Waals surface area contributed by atoms with Gasteiger partial charge in [-0.15, -0.1) is 0 Å². The summed E-state index contributed by atoms with van der Waals surface area (Å²) in [4.78, 5) is 8.72. The van der Waals surface area contributed by atoms with E-state index in [0.29, 0.717) is 34.5 Å². The SMILES string of the molecule is CC1=CC(OCc2ccc(Cl)cc2F)=C(Cl)CN1c1cc(N2C=CC=C(C(C)(C)O)C2)ncc1C. The highest BCUT2D eigenvalue weighted by Gasteiger charge is 2.25. The number of aliphatic hydroxyl groups is 1. The summed E-state index contributed by atoms with van der Waals surface area (Å²) < 4.78 is 20.0. The van der Waals surface area contributed by atoms with Crippen molar-refractivity contribution in [3.63, 3.8) is 0 Å². The molecule has 2 aliphatic rings. The number of nitrogens with zero attached hydrogens (tertiary/aromatic N) is 3. The lowest BCUT2D eigenvalue weighted by Crippen LogP contribution is -2.33. The second kappa shape index (κ2) is 10.1. The fourth-order valence-corrected chi connectivity index (χ4v) is 4.32. The second-order valence-corrected chi connectivity index (χ2v) is 10.1. The molecule has 0 bridgehead atoms. The Labute approximate surface area is 215 Å². The van der Waals surface area contributed by atoms with Crippen LogP contribution in [0.2, 0.25) is 5.02 Å². The van der Waals surface area contributed by atoms with Gasteiger partial charge in [0.15, 0.2) is 0 Å². The number of benzene rings is 1. The van der Waals surface area contributed by atoms with E-state index in [1.807, 2.05) is 55.4 Å². The van der Waals surface area contributed by atoms with Gasteiger partial charge in [-0.1, -0.05) is 35.3 Å². The number of aryl methyl sites for hydroxylation is 1. The number of anilines is 2. The van der Waals surface area contributed by atoms with Crippen molar-refractivity contribution in [2.45, 2.75) is 39.9 Å². The Balaban J connectivity index is 1.52. The van der Waals surface area contributed by atoms with E-state index < -0.39 is 11.4 Å². The minimum absolute atomic E-state index is 0.0507. The zero-order chi connectivity index (χ0) is 25.3. The number of rotatable bonds is 6. The van der Waals surface area contributed by atoms with Gasteiger partial charge in [0.2, 0.25) is 0 Å². The van der Waals surface area contributed by atoms with Crippen LogP contribution in [0.5, 0.6) is 0 Å². The second-order valence-electron chi connectivity index (χ2n) is 9.21. The first-order valence-corrected chi connectivity index (χ1v) is 12.0. The lowest BCUT2D eigenvalue weighted by molar-refractivity contribution is 0.118. The van der Waals surface area contributed by atoms with Crippen molar-refractivity contribution in [3.8, 4) is 0 Å². The first kappa shape index (κ1) is 25.3. The monoisotopic (exact) mass is 515 g/mol. The summed E-state index contributed by atoms with van der Waals surface area (Å²) in [7, 11) is 0. The van der Waals surface area contributed by atoms with Crippen LogP contribution in [0.1, 0.15) is 31.9 Å². The van der Waals surface area contributed by atoms with E-state index in [4.69, 9.17) is 27.9 Å². The van der Waals surface area contributed by atoms with E-state index in [-0.39, 0.29) is 6.61 Å². The van der Waals surface area contributed by atoms with Crippen LogP contribution in [0.3, 0.4) is 0 Å².